The van der Waals surface area contributed by atoms with Gasteiger partial charge < -0.3 is 10.1 Å². The van der Waals surface area contributed by atoms with E-state index in [9.17, 15) is 4.79 Å². The number of ether oxygens (including phenoxy) is 1. The lowest BCUT2D eigenvalue weighted by molar-refractivity contribution is -0.121. The van der Waals surface area contributed by atoms with Crippen molar-refractivity contribution in [2.75, 3.05) is 33.4 Å². The molecule has 0 spiro atoms. The number of nitrogens with zero attached hydrogens (tertiary/aromatic N) is 1. The van der Waals surface area contributed by atoms with E-state index in [1.807, 2.05) is 0 Å². The fraction of sp³-hybridized carbons (Fsp3) is 0.941. The summed E-state index contributed by atoms with van der Waals surface area (Å²) in [5.41, 5.74) is 0.0516. The van der Waals surface area contributed by atoms with Gasteiger partial charge in [-0.1, -0.05) is 13.3 Å². The molecule has 0 bridgehead atoms. The van der Waals surface area contributed by atoms with Gasteiger partial charge in [-0.15, -0.1) is 0 Å². The van der Waals surface area contributed by atoms with E-state index in [2.05, 4.69) is 31.0 Å². The van der Waals surface area contributed by atoms with Crippen molar-refractivity contribution in [2.45, 2.75) is 64.8 Å². The zero-order chi connectivity index (χ0) is 15.7. The zero-order valence-corrected chi connectivity index (χ0v) is 14.4. The lowest BCUT2D eigenvalue weighted by Crippen LogP contribution is -2.54. The first kappa shape index (κ1) is 18.4. The maximum absolute atomic E-state index is 11.9. The summed E-state index contributed by atoms with van der Waals surface area (Å²) >= 11 is 0. The first-order chi connectivity index (χ1) is 9.99. The predicted octanol–water partition coefficient (Wildman–Crippen LogP) is 2.82. The van der Waals surface area contributed by atoms with E-state index in [4.69, 9.17) is 4.74 Å². The average Bonchev–Trinajstić information content (AvgIpc) is 2.50. The van der Waals surface area contributed by atoms with E-state index in [-0.39, 0.29) is 11.4 Å². The Morgan fingerprint density at radius 1 is 1.38 bits per heavy atom. The Morgan fingerprint density at radius 2 is 2.14 bits per heavy atom. The van der Waals surface area contributed by atoms with Gasteiger partial charge in [-0.2, -0.15) is 0 Å². The molecule has 1 N–H and O–H groups in total. The lowest BCUT2D eigenvalue weighted by atomic mass is 9.91. The molecule has 21 heavy (non-hydrogen) atoms. The molecule has 0 aromatic heterocycles. The Bertz CT molecular complexity index is 305. The summed E-state index contributed by atoms with van der Waals surface area (Å²) in [4.78, 5) is 14.4. The van der Waals surface area contributed by atoms with E-state index >= 15 is 0 Å². The van der Waals surface area contributed by atoms with Crippen molar-refractivity contribution < 1.29 is 9.53 Å². The van der Waals surface area contributed by atoms with E-state index in [0.717, 1.165) is 38.5 Å². The Kier molecular flexibility index (Phi) is 8.27. The molecule has 1 aliphatic heterocycles. The molecule has 0 aromatic carbocycles. The van der Waals surface area contributed by atoms with Crippen molar-refractivity contribution in [3.05, 3.63) is 0 Å². The number of likely N-dealkylation sites (tertiary alicyclic amines) is 1. The summed E-state index contributed by atoms with van der Waals surface area (Å²) in [6.07, 6.45) is 6.37. The highest BCUT2D eigenvalue weighted by molar-refractivity contribution is 5.75. The fourth-order valence-corrected chi connectivity index (χ4v) is 3.00. The number of hydrogen-bond acceptors (Lipinski definition) is 3. The number of methoxy groups -OCH3 is 1. The molecule has 1 fully saturated rings. The van der Waals surface area contributed by atoms with Crippen LogP contribution in [-0.4, -0.2) is 49.7 Å². The average molecular weight is 298 g/mol. The van der Waals surface area contributed by atoms with Crippen LogP contribution in [0.2, 0.25) is 0 Å². The number of amides is 1. The summed E-state index contributed by atoms with van der Waals surface area (Å²) in [5, 5.41) is 3.11. The fourth-order valence-electron chi connectivity index (χ4n) is 3.00. The molecule has 0 aromatic rings. The number of rotatable bonds is 9. The molecular weight excluding hydrogens is 264 g/mol. The number of hydrogen-bond donors (Lipinski definition) is 1. The third-order valence-corrected chi connectivity index (χ3v) is 4.67. The van der Waals surface area contributed by atoms with Crippen LogP contribution in [0.15, 0.2) is 0 Å². The van der Waals surface area contributed by atoms with Crippen molar-refractivity contribution in [1.29, 1.82) is 0 Å². The van der Waals surface area contributed by atoms with Gasteiger partial charge in [0.25, 0.3) is 0 Å². The molecule has 1 rings (SSSR count). The van der Waals surface area contributed by atoms with Crippen molar-refractivity contribution in [3.8, 4) is 0 Å². The van der Waals surface area contributed by atoms with E-state index < -0.39 is 0 Å². The van der Waals surface area contributed by atoms with Gasteiger partial charge in [-0.3, -0.25) is 9.69 Å². The maximum atomic E-state index is 11.9. The maximum Gasteiger partial charge on any atom is 0.220 e. The van der Waals surface area contributed by atoms with Crippen LogP contribution >= 0.6 is 0 Å². The summed E-state index contributed by atoms with van der Waals surface area (Å²) in [6, 6.07) is 0. The second-order valence-corrected chi connectivity index (χ2v) is 6.90. The minimum absolute atomic E-state index is 0.0516. The second kappa shape index (κ2) is 9.42. The lowest BCUT2D eigenvalue weighted by Gasteiger charge is -2.43. The summed E-state index contributed by atoms with van der Waals surface area (Å²) in [7, 11) is 1.70. The van der Waals surface area contributed by atoms with Crippen molar-refractivity contribution >= 4 is 5.91 Å². The minimum atomic E-state index is 0.0516. The Labute approximate surface area is 130 Å². The largest absolute Gasteiger partial charge is 0.385 e. The third-order valence-electron chi connectivity index (χ3n) is 4.67. The van der Waals surface area contributed by atoms with Crippen LogP contribution in [-0.2, 0) is 9.53 Å². The van der Waals surface area contributed by atoms with Crippen LogP contribution in [0, 0.1) is 5.92 Å². The molecule has 1 aliphatic rings. The van der Waals surface area contributed by atoms with Crippen LogP contribution in [0.3, 0.4) is 0 Å². The molecule has 0 saturated carbocycles. The smallest absolute Gasteiger partial charge is 0.220 e. The normalized spacial score (nSPS) is 20.5. The highest BCUT2D eigenvalue weighted by Gasteiger charge is 2.31. The van der Waals surface area contributed by atoms with Gasteiger partial charge in [0.05, 0.1) is 0 Å². The van der Waals surface area contributed by atoms with Crippen molar-refractivity contribution in [3.63, 3.8) is 0 Å². The number of carbonyl (C=O) groups excluding carboxylic acids is 1. The monoisotopic (exact) mass is 298 g/mol. The first-order valence-corrected chi connectivity index (χ1v) is 8.50. The van der Waals surface area contributed by atoms with Gasteiger partial charge in [0.1, 0.15) is 0 Å². The molecule has 4 heteroatoms. The number of piperidine rings is 1. The standard InChI is InChI=1S/C17H34N2O2/c1-5-15-9-8-11-19(13-15)17(2,3)14-18-16(20)10-6-7-12-21-4/h15H,5-14H2,1-4H3,(H,18,20). The molecule has 0 aliphatic carbocycles. The summed E-state index contributed by atoms with van der Waals surface area (Å²) < 4.78 is 5.00. The van der Waals surface area contributed by atoms with Gasteiger partial charge in [0.2, 0.25) is 5.91 Å². The van der Waals surface area contributed by atoms with Gasteiger partial charge in [0.15, 0.2) is 0 Å². The molecule has 1 amide bonds. The van der Waals surface area contributed by atoms with Crippen molar-refractivity contribution in [2.24, 2.45) is 5.92 Å². The van der Waals surface area contributed by atoms with Crippen LogP contribution in [0.25, 0.3) is 0 Å². The first-order valence-electron chi connectivity index (χ1n) is 8.50. The number of unbranched alkanes of at least 4 members (excludes halogenated alkanes) is 1. The van der Waals surface area contributed by atoms with E-state index in [1.165, 1.54) is 25.8 Å². The molecule has 1 heterocycles. The topological polar surface area (TPSA) is 41.6 Å². The van der Waals surface area contributed by atoms with Gasteiger partial charge in [-0.05, 0) is 52.0 Å². The van der Waals surface area contributed by atoms with Crippen LogP contribution in [0.4, 0.5) is 0 Å². The van der Waals surface area contributed by atoms with E-state index in [1.54, 1.807) is 7.11 Å². The predicted molar refractivity (Wildman–Crippen MR) is 87.4 cm³/mol. The van der Waals surface area contributed by atoms with Gasteiger partial charge in [0, 0.05) is 38.8 Å². The Hall–Kier alpha value is -0.610. The Balaban J connectivity index is 2.29. The quantitative estimate of drug-likeness (QED) is 0.666. The molecule has 1 atom stereocenters. The summed E-state index contributed by atoms with van der Waals surface area (Å²) in [6.45, 7) is 10.6. The molecule has 124 valence electrons. The van der Waals surface area contributed by atoms with E-state index in [0.29, 0.717) is 6.42 Å². The Morgan fingerprint density at radius 3 is 2.81 bits per heavy atom. The highest BCUT2D eigenvalue weighted by atomic mass is 16.5. The van der Waals surface area contributed by atoms with Crippen LogP contribution in [0.5, 0.6) is 0 Å². The van der Waals surface area contributed by atoms with Gasteiger partial charge >= 0.3 is 0 Å². The van der Waals surface area contributed by atoms with Crippen LogP contribution < -0.4 is 5.32 Å². The van der Waals surface area contributed by atoms with Crippen molar-refractivity contribution in [1.82, 2.24) is 10.2 Å². The number of carbonyl (C=O) groups is 1. The third kappa shape index (κ3) is 6.79. The number of nitrogens with one attached hydrogen (secondary N) is 1. The molecule has 4 nitrogen and oxygen atoms in total. The molecular formula is C17H34N2O2. The van der Waals surface area contributed by atoms with Crippen LogP contribution in [0.1, 0.15) is 59.3 Å². The highest BCUT2D eigenvalue weighted by Crippen LogP contribution is 2.25. The molecule has 1 saturated heterocycles. The molecule has 1 unspecified atom stereocenters. The molecule has 0 radical (unpaired) electrons. The summed E-state index contributed by atoms with van der Waals surface area (Å²) in [5.74, 6) is 0.992. The van der Waals surface area contributed by atoms with Gasteiger partial charge in [-0.25, -0.2) is 0 Å². The zero-order valence-electron chi connectivity index (χ0n) is 14.4. The minimum Gasteiger partial charge on any atom is -0.385 e. The SMILES string of the molecule is CCC1CCCN(C(C)(C)CNC(=O)CCCCOC)C1. The second-order valence-electron chi connectivity index (χ2n) is 6.90.